The van der Waals surface area contributed by atoms with Gasteiger partial charge in [0, 0.05) is 25.0 Å². The van der Waals surface area contributed by atoms with Gasteiger partial charge in [-0.2, -0.15) is 0 Å². The van der Waals surface area contributed by atoms with Crippen molar-refractivity contribution in [2.75, 3.05) is 39.5 Å². The minimum Gasteiger partial charge on any atom is -0.492 e. The molecule has 1 saturated carbocycles. The fourth-order valence-electron chi connectivity index (χ4n) is 6.92. The summed E-state index contributed by atoms with van der Waals surface area (Å²) in [5, 5.41) is 23.5. The number of aliphatic hydroxyl groups is 2. The molecule has 2 N–H and O–H groups in total. The van der Waals surface area contributed by atoms with E-state index in [1.165, 1.54) is 11.1 Å². The third kappa shape index (κ3) is 4.07. The molecule has 1 heterocycles. The van der Waals surface area contributed by atoms with Gasteiger partial charge in [0.1, 0.15) is 18.0 Å². The molecule has 0 aromatic heterocycles. The van der Waals surface area contributed by atoms with Crippen LogP contribution in [0.25, 0.3) is 0 Å². The molecule has 1 aliphatic heterocycles. The summed E-state index contributed by atoms with van der Waals surface area (Å²) in [5.74, 6) is 1.25. The Balaban J connectivity index is 1.37. The molecule has 0 radical (unpaired) electrons. The molecule has 2 aromatic rings. The largest absolute Gasteiger partial charge is 0.492 e. The Hall–Kier alpha value is -1.92. The lowest BCUT2D eigenvalue weighted by atomic mass is 9.49. The number of nitrogens with zero attached hydrogens (tertiary/aromatic N) is 1. The first kappa shape index (κ1) is 23.8. The highest BCUT2D eigenvalue weighted by Crippen LogP contribution is 2.60. The molecule has 2 aliphatic carbocycles. The van der Waals surface area contributed by atoms with Crippen LogP contribution < -0.4 is 4.74 Å². The third-order valence-corrected chi connectivity index (χ3v) is 8.91. The zero-order chi connectivity index (χ0) is 23.8. The minimum absolute atomic E-state index is 0.134. The Morgan fingerprint density at radius 3 is 2.59 bits per heavy atom. The van der Waals surface area contributed by atoms with E-state index in [9.17, 15) is 10.2 Å². The van der Waals surface area contributed by atoms with Crippen molar-refractivity contribution in [3.05, 3.63) is 65.2 Å². The van der Waals surface area contributed by atoms with Crippen LogP contribution in [0.1, 0.15) is 56.2 Å². The van der Waals surface area contributed by atoms with Gasteiger partial charge >= 0.3 is 0 Å². The van der Waals surface area contributed by atoms with Crippen LogP contribution >= 0.6 is 0 Å². The predicted molar refractivity (Wildman–Crippen MR) is 133 cm³/mol. The fraction of sp³-hybridized carbons (Fsp3) is 0.586. The summed E-state index contributed by atoms with van der Waals surface area (Å²) in [7, 11) is 0. The van der Waals surface area contributed by atoms with Gasteiger partial charge in [-0.1, -0.05) is 43.3 Å². The van der Waals surface area contributed by atoms with Crippen LogP contribution in [-0.2, 0) is 22.2 Å². The molecule has 0 unspecified atom stereocenters. The molecule has 1 saturated heterocycles. The maximum atomic E-state index is 11.8. The zero-order valence-electron chi connectivity index (χ0n) is 20.6. The summed E-state index contributed by atoms with van der Waals surface area (Å²) in [5.41, 5.74) is 0.898. The maximum absolute atomic E-state index is 11.8. The fourth-order valence-corrected chi connectivity index (χ4v) is 6.92. The summed E-state index contributed by atoms with van der Waals surface area (Å²) in [6, 6.07) is 16.3. The topological polar surface area (TPSA) is 62.2 Å². The molecule has 34 heavy (non-hydrogen) atoms. The minimum atomic E-state index is -1.24. The highest BCUT2D eigenvalue weighted by molar-refractivity contribution is 5.45. The second kappa shape index (κ2) is 9.27. The first-order valence-electron chi connectivity index (χ1n) is 12.9. The van der Waals surface area contributed by atoms with Crippen LogP contribution in [-0.4, -0.2) is 60.2 Å². The van der Waals surface area contributed by atoms with Gasteiger partial charge in [-0.3, -0.25) is 4.90 Å². The molecule has 5 nitrogen and oxygen atoms in total. The van der Waals surface area contributed by atoms with Gasteiger partial charge in [0.05, 0.1) is 18.8 Å². The molecule has 3 aliphatic rings. The Bertz CT molecular complexity index is 987. The number of aryl methyl sites for hydroxylation is 1. The summed E-state index contributed by atoms with van der Waals surface area (Å²) in [6.45, 7) is 9.22. The van der Waals surface area contributed by atoms with E-state index in [1.807, 2.05) is 37.3 Å². The Labute approximate surface area is 203 Å². The second-order valence-corrected chi connectivity index (χ2v) is 10.7. The monoisotopic (exact) mass is 465 g/mol. The van der Waals surface area contributed by atoms with Gasteiger partial charge in [-0.25, -0.2) is 0 Å². The molecular formula is C29H39NO4. The molecular weight excluding hydrogens is 426 g/mol. The van der Waals surface area contributed by atoms with E-state index >= 15 is 0 Å². The number of rotatable bonds is 6. The molecule has 2 fully saturated rings. The molecule has 5 rings (SSSR count). The first-order valence-corrected chi connectivity index (χ1v) is 12.9. The van der Waals surface area contributed by atoms with Gasteiger partial charge in [0.25, 0.3) is 0 Å². The molecule has 4 atom stereocenters. The van der Waals surface area contributed by atoms with Crippen LogP contribution in [0.5, 0.6) is 5.75 Å². The average Bonchev–Trinajstić information content (AvgIpc) is 2.86. The maximum Gasteiger partial charge on any atom is 0.119 e. The van der Waals surface area contributed by atoms with Gasteiger partial charge in [-0.15, -0.1) is 0 Å². The molecule has 5 heteroatoms. The lowest BCUT2D eigenvalue weighted by molar-refractivity contribution is -0.205. The molecule has 184 valence electrons. The summed E-state index contributed by atoms with van der Waals surface area (Å²) in [4.78, 5) is 2.39. The lowest BCUT2D eigenvalue weighted by Crippen LogP contribution is -2.62. The van der Waals surface area contributed by atoms with Crippen molar-refractivity contribution >= 4 is 0 Å². The predicted octanol–water partition coefficient (Wildman–Crippen LogP) is 4.04. The molecule has 2 aromatic carbocycles. The van der Waals surface area contributed by atoms with Crippen LogP contribution in [0.2, 0.25) is 0 Å². The number of ether oxygens (including phenoxy) is 2. The van der Waals surface area contributed by atoms with Gasteiger partial charge in [0.15, 0.2) is 0 Å². The van der Waals surface area contributed by atoms with Crippen molar-refractivity contribution in [1.82, 2.24) is 4.90 Å². The van der Waals surface area contributed by atoms with Crippen molar-refractivity contribution in [3.8, 4) is 5.75 Å². The van der Waals surface area contributed by atoms with E-state index in [0.29, 0.717) is 25.4 Å². The van der Waals surface area contributed by atoms with Crippen LogP contribution in [0, 0.1) is 5.92 Å². The lowest BCUT2D eigenvalue weighted by Gasteiger charge is -2.59. The van der Waals surface area contributed by atoms with Gasteiger partial charge in [-0.05, 0) is 73.8 Å². The molecule has 0 spiro atoms. The number of fused-ring (bicyclic) bond motifs is 3. The van der Waals surface area contributed by atoms with Crippen molar-refractivity contribution in [2.24, 2.45) is 5.92 Å². The number of hydrogen-bond donors (Lipinski definition) is 2. The van der Waals surface area contributed by atoms with Crippen molar-refractivity contribution < 1.29 is 19.7 Å². The highest BCUT2D eigenvalue weighted by atomic mass is 16.5. The zero-order valence-corrected chi connectivity index (χ0v) is 20.6. The second-order valence-electron chi connectivity index (χ2n) is 10.7. The number of hydrogen-bond acceptors (Lipinski definition) is 5. The van der Waals surface area contributed by atoms with E-state index < -0.39 is 11.2 Å². The average molecular weight is 466 g/mol. The quantitative estimate of drug-likeness (QED) is 0.674. The van der Waals surface area contributed by atoms with E-state index in [-0.39, 0.29) is 5.41 Å². The SMILES string of the molecule is CC[C@@]12C[C@@](C)(O)[C@](O)(c3ccccc3)C[C@H]1CCc1cc(OCCN3CCOCC3)ccc12. The highest BCUT2D eigenvalue weighted by Gasteiger charge is 2.60. The van der Waals surface area contributed by atoms with Crippen molar-refractivity contribution in [1.29, 1.82) is 0 Å². The molecule has 0 bridgehead atoms. The van der Waals surface area contributed by atoms with Crippen LogP contribution in [0.4, 0.5) is 0 Å². The third-order valence-electron chi connectivity index (χ3n) is 8.91. The van der Waals surface area contributed by atoms with E-state index in [1.54, 1.807) is 0 Å². The Morgan fingerprint density at radius 1 is 1.09 bits per heavy atom. The first-order chi connectivity index (χ1) is 16.4. The normalized spacial score (nSPS) is 33.7. The Morgan fingerprint density at radius 2 is 1.85 bits per heavy atom. The van der Waals surface area contributed by atoms with E-state index in [4.69, 9.17) is 9.47 Å². The number of morpholine rings is 1. The van der Waals surface area contributed by atoms with Crippen LogP contribution in [0.15, 0.2) is 48.5 Å². The summed E-state index contributed by atoms with van der Waals surface area (Å²) >= 11 is 0. The number of benzene rings is 2. The van der Waals surface area contributed by atoms with E-state index in [0.717, 1.165) is 63.4 Å². The smallest absolute Gasteiger partial charge is 0.119 e. The van der Waals surface area contributed by atoms with Crippen molar-refractivity contribution in [3.63, 3.8) is 0 Å². The Kier molecular flexibility index (Phi) is 6.49. The van der Waals surface area contributed by atoms with Gasteiger partial charge in [0.2, 0.25) is 0 Å². The standard InChI is InChI=1S/C29H39NO4/c1-3-28-21-27(2,31)29(32,23-7-5-4-6-8-23)20-24(28)10-9-22-19-25(11-12-26(22)28)34-18-15-30-13-16-33-17-14-30/h4-8,11-12,19,24,31-32H,3,9-10,13-18,20-21H2,1-2H3/t24-,27-,28-,29-/m1/s1. The summed E-state index contributed by atoms with van der Waals surface area (Å²) in [6.07, 6.45) is 4.08. The van der Waals surface area contributed by atoms with E-state index in [2.05, 4.69) is 30.0 Å². The summed E-state index contributed by atoms with van der Waals surface area (Å²) < 4.78 is 11.6. The van der Waals surface area contributed by atoms with Crippen molar-refractivity contribution in [2.45, 2.75) is 62.6 Å². The van der Waals surface area contributed by atoms with Gasteiger partial charge < -0.3 is 19.7 Å². The van der Waals surface area contributed by atoms with Crippen LogP contribution in [0.3, 0.4) is 0 Å². The molecule has 0 amide bonds.